The number of nitrogens with zero attached hydrogens (tertiary/aromatic N) is 3. The number of ether oxygens (including phenoxy) is 1. The minimum Gasteiger partial charge on any atom is -0.463 e. The second kappa shape index (κ2) is 8.40. The van der Waals surface area contributed by atoms with E-state index in [1.807, 2.05) is 17.5 Å². The van der Waals surface area contributed by atoms with E-state index in [0.29, 0.717) is 26.2 Å². The molecule has 0 aliphatic carbocycles. The normalized spacial score (nSPS) is 16.1. The van der Waals surface area contributed by atoms with E-state index >= 15 is 0 Å². The molecule has 0 unspecified atom stereocenters. The monoisotopic (exact) mass is 455 g/mol. The summed E-state index contributed by atoms with van der Waals surface area (Å²) in [6.45, 7) is 3.66. The summed E-state index contributed by atoms with van der Waals surface area (Å²) in [5.74, 6) is -0.505. The summed E-state index contributed by atoms with van der Waals surface area (Å²) in [5.41, 5.74) is 0.994. The van der Waals surface area contributed by atoms with E-state index in [0.717, 1.165) is 4.88 Å². The molecule has 1 atom stereocenters. The summed E-state index contributed by atoms with van der Waals surface area (Å²) in [6, 6.07) is 9.15. The van der Waals surface area contributed by atoms with Crippen LogP contribution < -0.4 is 14.9 Å². The van der Waals surface area contributed by atoms with Crippen molar-refractivity contribution in [3.63, 3.8) is 0 Å². The smallest absolute Gasteiger partial charge is 0.338 e. The highest BCUT2D eigenvalue weighted by atomic mass is 32.1. The number of carbonyl (C=O) groups excluding carboxylic acids is 1. The molecule has 1 aliphatic rings. The fourth-order valence-electron chi connectivity index (χ4n) is 3.39. The van der Waals surface area contributed by atoms with Crippen LogP contribution >= 0.6 is 22.7 Å². The molecule has 1 aliphatic heterocycles. The van der Waals surface area contributed by atoms with E-state index in [1.54, 1.807) is 32.1 Å². The van der Waals surface area contributed by atoms with Crippen LogP contribution in [0.4, 0.5) is 5.69 Å². The molecule has 0 saturated heterocycles. The Hall–Kier alpha value is -3.37. The van der Waals surface area contributed by atoms with Gasteiger partial charge in [-0.15, -0.1) is 11.3 Å². The Balaban J connectivity index is 1.92. The fourth-order valence-corrected chi connectivity index (χ4v) is 5.26. The third-order valence-corrected chi connectivity index (χ3v) is 6.62. The molecule has 3 aromatic rings. The highest BCUT2D eigenvalue weighted by Crippen LogP contribution is 2.33. The number of hydrogen-bond acceptors (Lipinski definition) is 8. The van der Waals surface area contributed by atoms with Crippen LogP contribution in [0.2, 0.25) is 0 Å². The number of benzene rings is 1. The average molecular weight is 456 g/mol. The minimum atomic E-state index is -0.637. The summed E-state index contributed by atoms with van der Waals surface area (Å²) >= 11 is 2.62. The van der Waals surface area contributed by atoms with Gasteiger partial charge in [0.15, 0.2) is 4.80 Å². The Bertz CT molecular complexity index is 1380. The molecular weight excluding hydrogens is 438 g/mol. The molecule has 158 valence electrons. The highest BCUT2D eigenvalue weighted by Gasteiger charge is 2.33. The fraction of sp³-hybridized carbons (Fsp3) is 0.190. The lowest BCUT2D eigenvalue weighted by Crippen LogP contribution is -2.39. The van der Waals surface area contributed by atoms with Gasteiger partial charge in [-0.25, -0.2) is 9.79 Å². The summed E-state index contributed by atoms with van der Waals surface area (Å²) in [6.07, 6.45) is 1.60. The number of rotatable bonds is 5. The van der Waals surface area contributed by atoms with Crippen LogP contribution in [0.5, 0.6) is 0 Å². The molecule has 4 rings (SSSR count). The average Bonchev–Trinajstić information content (AvgIpc) is 3.36. The zero-order valence-corrected chi connectivity index (χ0v) is 18.2. The Morgan fingerprint density at radius 1 is 1.35 bits per heavy atom. The van der Waals surface area contributed by atoms with Gasteiger partial charge in [0.1, 0.15) is 6.04 Å². The van der Waals surface area contributed by atoms with Crippen molar-refractivity contribution in [2.75, 3.05) is 6.61 Å². The van der Waals surface area contributed by atoms with E-state index in [-0.39, 0.29) is 17.9 Å². The van der Waals surface area contributed by atoms with Gasteiger partial charge in [0.2, 0.25) is 0 Å². The first-order valence-corrected chi connectivity index (χ1v) is 11.1. The van der Waals surface area contributed by atoms with Crippen LogP contribution in [-0.2, 0) is 9.53 Å². The molecule has 0 spiro atoms. The van der Waals surface area contributed by atoms with Gasteiger partial charge >= 0.3 is 5.97 Å². The van der Waals surface area contributed by atoms with E-state index in [2.05, 4.69) is 4.99 Å². The van der Waals surface area contributed by atoms with Crippen LogP contribution in [-0.4, -0.2) is 22.1 Å². The van der Waals surface area contributed by atoms with Crippen LogP contribution in [0, 0.1) is 10.1 Å². The molecule has 31 heavy (non-hydrogen) atoms. The topological polar surface area (TPSA) is 104 Å². The van der Waals surface area contributed by atoms with Crippen molar-refractivity contribution in [3.8, 4) is 0 Å². The largest absolute Gasteiger partial charge is 0.463 e. The van der Waals surface area contributed by atoms with E-state index in [4.69, 9.17) is 4.74 Å². The predicted molar refractivity (Wildman–Crippen MR) is 118 cm³/mol. The van der Waals surface area contributed by atoms with Crippen molar-refractivity contribution in [2.24, 2.45) is 4.99 Å². The number of non-ortho nitro benzene ring substituents is 1. The summed E-state index contributed by atoms with van der Waals surface area (Å²) < 4.78 is 7.11. The standard InChI is InChI=1S/C21H17N3O5S2/c1-3-29-20(26)17-12(2)22-21-23(18(17)15-8-5-9-30-15)19(25)16(31-21)11-13-6-4-7-14(10-13)24(27)28/h4-11,18H,3H2,1-2H3/b16-11-/t18-/m0/s1. The van der Waals surface area contributed by atoms with E-state index < -0.39 is 16.9 Å². The number of esters is 1. The minimum absolute atomic E-state index is 0.0570. The first kappa shape index (κ1) is 20.9. The van der Waals surface area contributed by atoms with Gasteiger partial charge in [-0.05, 0) is 36.9 Å². The zero-order valence-electron chi connectivity index (χ0n) is 16.6. The maximum atomic E-state index is 13.4. The van der Waals surface area contributed by atoms with Crippen LogP contribution in [0.15, 0.2) is 62.8 Å². The van der Waals surface area contributed by atoms with Crippen LogP contribution in [0.3, 0.4) is 0 Å². The maximum absolute atomic E-state index is 13.4. The van der Waals surface area contributed by atoms with Crippen molar-refractivity contribution in [1.29, 1.82) is 0 Å². The number of thiazole rings is 1. The van der Waals surface area contributed by atoms with E-state index in [9.17, 15) is 19.7 Å². The molecule has 2 aromatic heterocycles. The first-order valence-electron chi connectivity index (χ1n) is 9.38. The number of nitro groups is 1. The number of nitro benzene ring substituents is 1. The van der Waals surface area contributed by atoms with Gasteiger partial charge in [0, 0.05) is 17.0 Å². The third-order valence-electron chi connectivity index (χ3n) is 4.71. The molecule has 1 aromatic carbocycles. The van der Waals surface area contributed by atoms with Gasteiger partial charge in [-0.1, -0.05) is 29.5 Å². The Morgan fingerprint density at radius 3 is 2.84 bits per heavy atom. The molecule has 8 nitrogen and oxygen atoms in total. The van der Waals surface area contributed by atoms with Gasteiger partial charge in [0.25, 0.3) is 11.2 Å². The Labute approximate surface area is 184 Å². The second-order valence-corrected chi connectivity index (χ2v) is 8.66. The quantitative estimate of drug-likeness (QED) is 0.334. The van der Waals surface area contributed by atoms with Crippen molar-refractivity contribution in [3.05, 3.63) is 93.3 Å². The lowest BCUT2D eigenvalue weighted by Gasteiger charge is -2.23. The zero-order chi connectivity index (χ0) is 22.1. The predicted octanol–water partition coefficient (Wildman–Crippen LogP) is 2.77. The number of thiophene rings is 1. The molecule has 0 amide bonds. The summed E-state index contributed by atoms with van der Waals surface area (Å²) in [5, 5.41) is 12.9. The lowest BCUT2D eigenvalue weighted by atomic mass is 10.0. The van der Waals surface area contributed by atoms with Gasteiger partial charge in [-0.3, -0.25) is 19.5 Å². The number of aromatic nitrogens is 1. The molecule has 10 heteroatoms. The number of carbonyl (C=O) groups is 1. The number of fused-ring (bicyclic) bond motifs is 1. The van der Waals surface area contributed by atoms with E-state index in [1.165, 1.54) is 39.4 Å². The molecule has 3 heterocycles. The third kappa shape index (κ3) is 3.87. The van der Waals surface area contributed by atoms with Crippen LogP contribution in [0.25, 0.3) is 6.08 Å². The molecule has 0 saturated carbocycles. The lowest BCUT2D eigenvalue weighted by molar-refractivity contribution is -0.384. The van der Waals surface area contributed by atoms with Crippen molar-refractivity contribution in [1.82, 2.24) is 4.57 Å². The molecule has 0 radical (unpaired) electrons. The Kier molecular flexibility index (Phi) is 5.66. The van der Waals surface area contributed by atoms with Gasteiger partial charge < -0.3 is 4.74 Å². The SMILES string of the molecule is CCOC(=O)C1=C(C)N=c2s/c(=C\c3cccc([N+](=O)[O-])c3)c(=O)n2[C@H]1c1cccs1. The molecular formula is C21H17N3O5S2. The number of hydrogen-bond donors (Lipinski definition) is 0. The van der Waals surface area contributed by atoms with Gasteiger partial charge in [-0.2, -0.15) is 0 Å². The second-order valence-electron chi connectivity index (χ2n) is 6.67. The van der Waals surface area contributed by atoms with Crippen molar-refractivity contribution >= 4 is 40.4 Å². The van der Waals surface area contributed by atoms with Crippen molar-refractivity contribution in [2.45, 2.75) is 19.9 Å². The van der Waals surface area contributed by atoms with Crippen LogP contribution in [0.1, 0.15) is 30.3 Å². The van der Waals surface area contributed by atoms with Crippen molar-refractivity contribution < 1.29 is 14.5 Å². The maximum Gasteiger partial charge on any atom is 0.338 e. The molecule has 0 fully saturated rings. The summed E-state index contributed by atoms with van der Waals surface area (Å²) in [7, 11) is 0. The highest BCUT2D eigenvalue weighted by molar-refractivity contribution is 7.10. The van der Waals surface area contributed by atoms with Gasteiger partial charge in [0.05, 0.1) is 27.3 Å². The first-order chi connectivity index (χ1) is 14.9. The number of allylic oxidation sites excluding steroid dienone is 1. The molecule has 0 bridgehead atoms. The molecule has 0 N–H and O–H groups in total. The summed E-state index contributed by atoms with van der Waals surface area (Å²) in [4.78, 5) is 42.4. The Morgan fingerprint density at radius 2 is 2.16 bits per heavy atom.